The number of aryl methyl sites for hydroxylation is 1. The average molecular weight is 372 g/mol. The summed E-state index contributed by atoms with van der Waals surface area (Å²) in [4.78, 5) is 4.70. The number of nitrogens with zero attached hydrogens (tertiary/aromatic N) is 2. The normalized spacial score (nSPS) is 12.2. The van der Waals surface area contributed by atoms with Gasteiger partial charge in [-0.1, -0.05) is 54.6 Å². The molecule has 0 fully saturated rings. The maximum Gasteiger partial charge on any atom is 0.143 e. The number of fused-ring (bicyclic) bond motifs is 1. The SMILES string of the molecule is Cc1cccc(OCCn2c(C(O)c3ccccc3)nc3ccccc32)c1C. The highest BCUT2D eigenvalue weighted by Crippen LogP contribution is 2.26. The van der Waals surface area contributed by atoms with E-state index in [4.69, 9.17) is 9.72 Å². The van der Waals surface area contributed by atoms with Gasteiger partial charge in [-0.2, -0.15) is 0 Å². The fraction of sp³-hybridized carbons (Fsp3) is 0.208. The second-order valence-electron chi connectivity index (χ2n) is 6.97. The number of hydrogen-bond acceptors (Lipinski definition) is 3. The summed E-state index contributed by atoms with van der Waals surface area (Å²) >= 11 is 0. The molecule has 142 valence electrons. The number of para-hydroxylation sites is 2. The third-order valence-electron chi connectivity index (χ3n) is 5.17. The van der Waals surface area contributed by atoms with Crippen LogP contribution in [0.1, 0.15) is 28.6 Å². The number of imidazole rings is 1. The van der Waals surface area contributed by atoms with Crippen molar-refractivity contribution in [2.75, 3.05) is 6.61 Å². The predicted molar refractivity (Wildman–Crippen MR) is 112 cm³/mol. The fourth-order valence-corrected chi connectivity index (χ4v) is 3.45. The molecule has 1 N–H and O–H groups in total. The monoisotopic (exact) mass is 372 g/mol. The van der Waals surface area contributed by atoms with E-state index in [0.717, 1.165) is 27.9 Å². The first-order valence-corrected chi connectivity index (χ1v) is 9.52. The molecule has 0 spiro atoms. The van der Waals surface area contributed by atoms with Crippen LogP contribution < -0.4 is 4.74 Å². The average Bonchev–Trinajstić information content (AvgIpc) is 3.10. The van der Waals surface area contributed by atoms with E-state index >= 15 is 0 Å². The molecule has 1 atom stereocenters. The smallest absolute Gasteiger partial charge is 0.143 e. The zero-order valence-electron chi connectivity index (χ0n) is 16.2. The van der Waals surface area contributed by atoms with Crippen molar-refractivity contribution in [3.8, 4) is 5.75 Å². The van der Waals surface area contributed by atoms with Gasteiger partial charge < -0.3 is 14.4 Å². The number of ether oxygens (including phenoxy) is 1. The minimum absolute atomic E-state index is 0.499. The quantitative estimate of drug-likeness (QED) is 0.528. The molecule has 28 heavy (non-hydrogen) atoms. The van der Waals surface area contributed by atoms with Crippen LogP contribution in [0.5, 0.6) is 5.75 Å². The van der Waals surface area contributed by atoms with Gasteiger partial charge in [-0.15, -0.1) is 0 Å². The summed E-state index contributed by atoms with van der Waals surface area (Å²) in [6.07, 6.45) is -0.783. The van der Waals surface area contributed by atoms with Gasteiger partial charge in [-0.25, -0.2) is 4.98 Å². The molecule has 1 aromatic heterocycles. The Bertz CT molecular complexity index is 1090. The zero-order chi connectivity index (χ0) is 19.5. The lowest BCUT2D eigenvalue weighted by Crippen LogP contribution is -2.15. The van der Waals surface area contributed by atoms with Crippen LogP contribution in [0.25, 0.3) is 11.0 Å². The Morgan fingerprint density at radius 2 is 1.68 bits per heavy atom. The minimum atomic E-state index is -0.783. The van der Waals surface area contributed by atoms with Gasteiger partial charge in [-0.3, -0.25) is 0 Å². The maximum atomic E-state index is 10.9. The molecule has 0 radical (unpaired) electrons. The Hall–Kier alpha value is -3.11. The Labute approximate surface area is 165 Å². The first-order valence-electron chi connectivity index (χ1n) is 9.52. The molecule has 0 saturated carbocycles. The van der Waals surface area contributed by atoms with Crippen molar-refractivity contribution in [3.63, 3.8) is 0 Å². The van der Waals surface area contributed by atoms with E-state index in [2.05, 4.69) is 24.5 Å². The third kappa shape index (κ3) is 3.51. The minimum Gasteiger partial charge on any atom is -0.491 e. The third-order valence-corrected chi connectivity index (χ3v) is 5.17. The number of aliphatic hydroxyl groups excluding tert-OH is 1. The Morgan fingerprint density at radius 1 is 0.929 bits per heavy atom. The number of aliphatic hydroxyl groups is 1. The lowest BCUT2D eigenvalue weighted by atomic mass is 10.1. The molecular formula is C24H24N2O2. The van der Waals surface area contributed by atoms with Crippen molar-refractivity contribution in [1.29, 1.82) is 0 Å². The topological polar surface area (TPSA) is 47.3 Å². The molecule has 1 unspecified atom stereocenters. The summed E-state index contributed by atoms with van der Waals surface area (Å²) in [7, 11) is 0. The van der Waals surface area contributed by atoms with Crippen LogP contribution in [0.2, 0.25) is 0 Å². The highest BCUT2D eigenvalue weighted by molar-refractivity contribution is 5.76. The van der Waals surface area contributed by atoms with Crippen molar-refractivity contribution >= 4 is 11.0 Å². The van der Waals surface area contributed by atoms with E-state index in [1.54, 1.807) is 0 Å². The Morgan fingerprint density at radius 3 is 2.50 bits per heavy atom. The number of hydrogen-bond donors (Lipinski definition) is 1. The van der Waals surface area contributed by atoms with E-state index in [-0.39, 0.29) is 0 Å². The van der Waals surface area contributed by atoms with Crippen LogP contribution in [0, 0.1) is 13.8 Å². The molecule has 4 heteroatoms. The Kier molecular flexibility index (Phi) is 5.13. The first-order chi connectivity index (χ1) is 13.6. The lowest BCUT2D eigenvalue weighted by Gasteiger charge is -2.16. The maximum absolute atomic E-state index is 10.9. The largest absolute Gasteiger partial charge is 0.491 e. The standard InChI is InChI=1S/C24H24N2O2/c1-17-9-8-14-22(18(17)2)28-16-15-26-21-13-7-6-12-20(21)25-24(26)23(27)19-10-4-3-5-11-19/h3-14,23,27H,15-16H2,1-2H3. The van der Waals surface area contributed by atoms with Crippen LogP contribution in [-0.4, -0.2) is 21.3 Å². The van der Waals surface area contributed by atoms with E-state index in [9.17, 15) is 5.11 Å². The summed E-state index contributed by atoms with van der Waals surface area (Å²) in [5.74, 6) is 1.53. The van der Waals surface area contributed by atoms with Crippen LogP contribution >= 0.6 is 0 Å². The van der Waals surface area contributed by atoms with Crippen LogP contribution in [0.4, 0.5) is 0 Å². The fourth-order valence-electron chi connectivity index (χ4n) is 3.45. The lowest BCUT2D eigenvalue weighted by molar-refractivity contribution is 0.201. The molecule has 1 heterocycles. The summed E-state index contributed by atoms with van der Waals surface area (Å²) in [6.45, 7) is 5.26. The van der Waals surface area contributed by atoms with E-state index in [1.165, 1.54) is 5.56 Å². The van der Waals surface area contributed by atoms with Crippen LogP contribution in [0.15, 0.2) is 72.8 Å². The second-order valence-corrected chi connectivity index (χ2v) is 6.97. The molecule has 4 nitrogen and oxygen atoms in total. The molecule has 4 rings (SSSR count). The molecule has 0 saturated heterocycles. The van der Waals surface area contributed by atoms with Gasteiger partial charge in [0.15, 0.2) is 0 Å². The van der Waals surface area contributed by atoms with Gasteiger partial charge in [-0.05, 0) is 48.7 Å². The molecule has 0 amide bonds. The van der Waals surface area contributed by atoms with E-state index < -0.39 is 6.10 Å². The van der Waals surface area contributed by atoms with Crippen molar-refractivity contribution < 1.29 is 9.84 Å². The first kappa shape index (κ1) is 18.3. The zero-order valence-corrected chi connectivity index (χ0v) is 16.2. The summed E-state index contributed by atoms with van der Waals surface area (Å²) < 4.78 is 8.10. The van der Waals surface area contributed by atoms with E-state index in [0.29, 0.717) is 19.0 Å². The molecule has 0 aliphatic rings. The van der Waals surface area contributed by atoms with Crippen molar-refractivity contribution in [2.24, 2.45) is 0 Å². The van der Waals surface area contributed by atoms with Crippen LogP contribution in [-0.2, 0) is 6.54 Å². The predicted octanol–water partition coefficient (Wildman–Crippen LogP) is 4.81. The summed E-state index contributed by atoms with van der Waals surface area (Å²) in [6, 6.07) is 23.7. The molecule has 0 bridgehead atoms. The molecular weight excluding hydrogens is 348 g/mol. The van der Waals surface area contributed by atoms with Gasteiger partial charge >= 0.3 is 0 Å². The van der Waals surface area contributed by atoms with E-state index in [1.807, 2.05) is 66.7 Å². The number of aromatic nitrogens is 2. The van der Waals surface area contributed by atoms with Gasteiger partial charge in [0.25, 0.3) is 0 Å². The second kappa shape index (κ2) is 7.87. The summed E-state index contributed by atoms with van der Waals surface area (Å²) in [5.41, 5.74) is 5.07. The van der Waals surface area contributed by atoms with Crippen molar-refractivity contribution in [2.45, 2.75) is 26.5 Å². The van der Waals surface area contributed by atoms with Gasteiger partial charge in [0.1, 0.15) is 24.3 Å². The van der Waals surface area contributed by atoms with Gasteiger partial charge in [0.05, 0.1) is 17.6 Å². The molecule has 4 aromatic rings. The number of benzene rings is 3. The number of rotatable bonds is 6. The van der Waals surface area contributed by atoms with Crippen molar-refractivity contribution in [1.82, 2.24) is 9.55 Å². The van der Waals surface area contributed by atoms with Crippen molar-refractivity contribution in [3.05, 3.63) is 95.3 Å². The highest BCUT2D eigenvalue weighted by atomic mass is 16.5. The summed E-state index contributed by atoms with van der Waals surface area (Å²) in [5, 5.41) is 10.9. The van der Waals surface area contributed by atoms with Gasteiger partial charge in [0.2, 0.25) is 0 Å². The van der Waals surface area contributed by atoms with Gasteiger partial charge in [0, 0.05) is 0 Å². The Balaban J connectivity index is 1.63. The van der Waals surface area contributed by atoms with Crippen LogP contribution in [0.3, 0.4) is 0 Å². The molecule has 0 aliphatic carbocycles. The molecule has 3 aromatic carbocycles. The molecule has 0 aliphatic heterocycles. The highest BCUT2D eigenvalue weighted by Gasteiger charge is 2.19.